The van der Waals surface area contributed by atoms with E-state index in [9.17, 15) is 5.11 Å². The Bertz CT molecular complexity index is 277. The maximum atomic E-state index is 9.34. The van der Waals surface area contributed by atoms with Crippen LogP contribution in [0.5, 0.6) is 5.75 Å². The molecule has 0 amide bonds. The highest BCUT2D eigenvalue weighted by Crippen LogP contribution is 2.33. The minimum absolute atomic E-state index is 0.0588. The molecule has 0 fully saturated rings. The molecule has 0 saturated heterocycles. The first-order chi connectivity index (χ1) is 5.16. The van der Waals surface area contributed by atoms with Crippen LogP contribution in [0.3, 0.4) is 0 Å². The third kappa shape index (κ3) is 1.67. The topological polar surface area (TPSA) is 46.2 Å². The zero-order valence-corrected chi connectivity index (χ0v) is 7.98. The van der Waals surface area contributed by atoms with Gasteiger partial charge in [0.1, 0.15) is 5.75 Å². The maximum absolute atomic E-state index is 9.34. The molecular weight excluding hydrogens is 229 g/mol. The third-order valence-electron chi connectivity index (χ3n) is 1.37. The first-order valence-corrected chi connectivity index (χ1v) is 4.20. The smallest absolute Gasteiger partial charge is 0.139 e. The van der Waals surface area contributed by atoms with E-state index in [-0.39, 0.29) is 5.75 Å². The summed E-state index contributed by atoms with van der Waals surface area (Å²) in [6, 6.07) is 3.48. The van der Waals surface area contributed by atoms with Gasteiger partial charge in [0, 0.05) is 16.6 Å². The van der Waals surface area contributed by atoms with Gasteiger partial charge >= 0.3 is 0 Å². The Labute approximate surface area is 78.1 Å². The van der Waals surface area contributed by atoms with Gasteiger partial charge in [0.05, 0.1) is 5.02 Å². The van der Waals surface area contributed by atoms with E-state index in [4.69, 9.17) is 17.3 Å². The second-order valence-electron chi connectivity index (χ2n) is 2.07. The molecular formula is C7H7BrClNO. The fraction of sp³-hybridized carbons (Fsp3) is 0.143. The summed E-state index contributed by atoms with van der Waals surface area (Å²) < 4.78 is 0.675. The monoisotopic (exact) mass is 235 g/mol. The van der Waals surface area contributed by atoms with Gasteiger partial charge in [0.2, 0.25) is 0 Å². The fourth-order valence-electron chi connectivity index (χ4n) is 0.745. The molecule has 0 saturated carbocycles. The van der Waals surface area contributed by atoms with Crippen molar-refractivity contribution in [3.8, 4) is 5.75 Å². The van der Waals surface area contributed by atoms with Crippen LogP contribution >= 0.6 is 27.5 Å². The Hall–Kier alpha value is -0.250. The standard InChI is InChI=1S/C7H7BrClNO/c8-5-2-1-4(3-10)7(11)6(5)9/h1-2,11H,3,10H2. The molecule has 4 heteroatoms. The van der Waals surface area contributed by atoms with Crippen LogP contribution < -0.4 is 5.73 Å². The number of aromatic hydroxyl groups is 1. The van der Waals surface area contributed by atoms with E-state index in [1.54, 1.807) is 12.1 Å². The number of phenols is 1. The number of benzene rings is 1. The summed E-state index contributed by atoms with van der Waals surface area (Å²) in [5.74, 6) is 0.0588. The van der Waals surface area contributed by atoms with Crippen molar-refractivity contribution in [3.05, 3.63) is 27.2 Å². The first-order valence-electron chi connectivity index (χ1n) is 3.02. The lowest BCUT2D eigenvalue weighted by molar-refractivity contribution is 0.468. The van der Waals surface area contributed by atoms with Crippen molar-refractivity contribution in [2.45, 2.75) is 6.54 Å². The molecule has 0 aromatic heterocycles. The number of rotatable bonds is 1. The number of halogens is 2. The first kappa shape index (κ1) is 8.84. The molecule has 0 atom stereocenters. The molecule has 0 aliphatic rings. The van der Waals surface area contributed by atoms with Crippen molar-refractivity contribution in [2.24, 2.45) is 5.73 Å². The Balaban J connectivity index is 3.25. The van der Waals surface area contributed by atoms with Crippen LogP contribution in [-0.4, -0.2) is 5.11 Å². The molecule has 0 bridgehead atoms. The summed E-state index contributed by atoms with van der Waals surface area (Å²) in [4.78, 5) is 0. The lowest BCUT2D eigenvalue weighted by atomic mass is 10.2. The Morgan fingerprint density at radius 1 is 1.55 bits per heavy atom. The van der Waals surface area contributed by atoms with Gasteiger partial charge < -0.3 is 10.8 Å². The van der Waals surface area contributed by atoms with Gasteiger partial charge in [0.15, 0.2) is 0 Å². The highest BCUT2D eigenvalue weighted by atomic mass is 79.9. The fourth-order valence-corrected chi connectivity index (χ4v) is 1.25. The molecule has 0 unspecified atom stereocenters. The quantitative estimate of drug-likeness (QED) is 0.786. The maximum Gasteiger partial charge on any atom is 0.139 e. The van der Waals surface area contributed by atoms with Crippen molar-refractivity contribution in [3.63, 3.8) is 0 Å². The second kappa shape index (κ2) is 3.43. The van der Waals surface area contributed by atoms with Gasteiger partial charge in [0.25, 0.3) is 0 Å². The summed E-state index contributed by atoms with van der Waals surface area (Å²) >= 11 is 8.89. The summed E-state index contributed by atoms with van der Waals surface area (Å²) in [5.41, 5.74) is 5.99. The second-order valence-corrected chi connectivity index (χ2v) is 3.31. The predicted molar refractivity (Wildman–Crippen MR) is 48.7 cm³/mol. The van der Waals surface area contributed by atoms with E-state index < -0.39 is 0 Å². The van der Waals surface area contributed by atoms with Gasteiger partial charge in [-0.1, -0.05) is 17.7 Å². The van der Waals surface area contributed by atoms with E-state index in [1.807, 2.05) is 0 Å². The molecule has 0 heterocycles. The highest BCUT2D eigenvalue weighted by molar-refractivity contribution is 9.10. The van der Waals surface area contributed by atoms with Crippen LogP contribution in [0.4, 0.5) is 0 Å². The SMILES string of the molecule is NCc1ccc(Br)c(Cl)c1O. The van der Waals surface area contributed by atoms with E-state index in [2.05, 4.69) is 15.9 Å². The molecule has 0 aliphatic heterocycles. The lowest BCUT2D eigenvalue weighted by Crippen LogP contribution is -1.96. The van der Waals surface area contributed by atoms with Crippen molar-refractivity contribution in [1.29, 1.82) is 0 Å². The molecule has 1 aromatic rings. The largest absolute Gasteiger partial charge is 0.506 e. The Morgan fingerprint density at radius 2 is 2.18 bits per heavy atom. The molecule has 11 heavy (non-hydrogen) atoms. The Morgan fingerprint density at radius 3 is 2.73 bits per heavy atom. The van der Waals surface area contributed by atoms with Gasteiger partial charge in [-0.05, 0) is 22.0 Å². The minimum atomic E-state index is 0.0588. The molecule has 0 radical (unpaired) electrons. The predicted octanol–water partition coefficient (Wildman–Crippen LogP) is 2.27. The van der Waals surface area contributed by atoms with E-state index in [1.165, 1.54) is 0 Å². The van der Waals surface area contributed by atoms with Crippen molar-refractivity contribution in [2.75, 3.05) is 0 Å². The van der Waals surface area contributed by atoms with Gasteiger partial charge in [-0.25, -0.2) is 0 Å². The van der Waals surface area contributed by atoms with Crippen LogP contribution in [0.25, 0.3) is 0 Å². The van der Waals surface area contributed by atoms with Crippen molar-refractivity contribution >= 4 is 27.5 Å². The minimum Gasteiger partial charge on any atom is -0.506 e. The van der Waals surface area contributed by atoms with E-state index in [0.29, 0.717) is 21.6 Å². The van der Waals surface area contributed by atoms with Crippen LogP contribution in [0.15, 0.2) is 16.6 Å². The van der Waals surface area contributed by atoms with Crippen LogP contribution in [0, 0.1) is 0 Å². The average molecular weight is 236 g/mol. The summed E-state index contributed by atoms with van der Waals surface area (Å²) in [6.45, 7) is 0.291. The van der Waals surface area contributed by atoms with Gasteiger partial charge in [-0.2, -0.15) is 0 Å². The van der Waals surface area contributed by atoms with E-state index in [0.717, 1.165) is 0 Å². The number of nitrogens with two attached hydrogens (primary N) is 1. The summed E-state index contributed by atoms with van der Waals surface area (Å²) in [5, 5.41) is 9.65. The normalized spacial score (nSPS) is 10.1. The highest BCUT2D eigenvalue weighted by Gasteiger charge is 2.06. The van der Waals surface area contributed by atoms with Crippen LogP contribution in [0.2, 0.25) is 5.02 Å². The number of hydrogen-bond acceptors (Lipinski definition) is 2. The average Bonchev–Trinajstić information content (AvgIpc) is 2.01. The van der Waals surface area contributed by atoms with Crippen LogP contribution in [0.1, 0.15) is 5.56 Å². The number of phenolic OH excluding ortho intramolecular Hbond substituents is 1. The van der Waals surface area contributed by atoms with Gasteiger partial charge in [-0.3, -0.25) is 0 Å². The summed E-state index contributed by atoms with van der Waals surface area (Å²) in [7, 11) is 0. The molecule has 0 aliphatic carbocycles. The number of hydrogen-bond donors (Lipinski definition) is 2. The molecule has 3 N–H and O–H groups in total. The van der Waals surface area contributed by atoms with Crippen molar-refractivity contribution in [1.82, 2.24) is 0 Å². The summed E-state index contributed by atoms with van der Waals surface area (Å²) in [6.07, 6.45) is 0. The van der Waals surface area contributed by atoms with E-state index >= 15 is 0 Å². The zero-order chi connectivity index (χ0) is 8.43. The molecule has 60 valence electrons. The molecule has 2 nitrogen and oxygen atoms in total. The van der Waals surface area contributed by atoms with Crippen LogP contribution in [-0.2, 0) is 6.54 Å². The van der Waals surface area contributed by atoms with Gasteiger partial charge in [-0.15, -0.1) is 0 Å². The third-order valence-corrected chi connectivity index (χ3v) is 2.64. The Kier molecular flexibility index (Phi) is 2.76. The lowest BCUT2D eigenvalue weighted by Gasteiger charge is -2.03. The van der Waals surface area contributed by atoms with Crippen molar-refractivity contribution < 1.29 is 5.11 Å². The molecule has 1 aromatic carbocycles. The zero-order valence-electron chi connectivity index (χ0n) is 5.64. The molecule has 1 rings (SSSR count). The molecule has 0 spiro atoms.